The fraction of sp³-hybridized carbons (Fsp3) is 0.316. The number of rotatable bonds is 8. The summed E-state index contributed by atoms with van der Waals surface area (Å²) in [6.45, 7) is 4.73. The van der Waals surface area contributed by atoms with Gasteiger partial charge in [0.05, 0.1) is 18.6 Å². The minimum Gasteiger partial charge on any atom is -0.497 e. The van der Waals surface area contributed by atoms with Crippen LogP contribution in [0.25, 0.3) is 0 Å². The summed E-state index contributed by atoms with van der Waals surface area (Å²) >= 11 is 0. The lowest BCUT2D eigenvalue weighted by atomic mass is 10.1. The third-order valence-corrected chi connectivity index (χ3v) is 5.04. The third kappa shape index (κ3) is 5.45. The first-order valence-electron chi connectivity index (χ1n) is 8.46. The zero-order valence-electron chi connectivity index (χ0n) is 15.6. The summed E-state index contributed by atoms with van der Waals surface area (Å²) < 4.78 is 33.9. The molecule has 0 saturated heterocycles. The van der Waals surface area contributed by atoms with E-state index >= 15 is 0 Å². The lowest BCUT2D eigenvalue weighted by Gasteiger charge is -2.22. The minimum absolute atomic E-state index is 0.0815. The van der Waals surface area contributed by atoms with Crippen molar-refractivity contribution in [2.45, 2.75) is 18.7 Å². The van der Waals surface area contributed by atoms with Crippen molar-refractivity contribution in [1.29, 1.82) is 0 Å². The molecule has 0 aliphatic rings. The van der Waals surface area contributed by atoms with Crippen LogP contribution in [0, 0.1) is 6.92 Å². The fourth-order valence-corrected chi connectivity index (χ4v) is 3.07. The molecule has 2 aromatic carbocycles. The van der Waals surface area contributed by atoms with Gasteiger partial charge in [0.2, 0.25) is 10.0 Å². The van der Waals surface area contributed by atoms with Crippen LogP contribution in [0.1, 0.15) is 22.8 Å². The van der Waals surface area contributed by atoms with Gasteiger partial charge >= 0.3 is 0 Å². The van der Waals surface area contributed by atoms with Gasteiger partial charge in [-0.25, -0.2) is 13.6 Å². The quantitative estimate of drug-likeness (QED) is 0.742. The van der Waals surface area contributed by atoms with Crippen LogP contribution in [-0.2, 0) is 10.0 Å². The second kappa shape index (κ2) is 8.88. The molecule has 27 heavy (non-hydrogen) atoms. The maximum absolute atomic E-state index is 12.8. The molecule has 0 heterocycles. The number of sulfonamides is 1. The molecule has 2 N–H and O–H groups in total. The number of carbonyl (C=O) groups is 1. The molecule has 0 radical (unpaired) electrons. The van der Waals surface area contributed by atoms with Crippen LogP contribution in [0.5, 0.6) is 11.5 Å². The Balaban J connectivity index is 2.07. The molecule has 146 valence electrons. The highest BCUT2D eigenvalue weighted by Crippen LogP contribution is 2.18. The Bertz CT molecular complexity index is 895. The lowest BCUT2D eigenvalue weighted by molar-refractivity contribution is 0.0739. The number of nitrogens with two attached hydrogens (primary N) is 1. The van der Waals surface area contributed by atoms with Crippen LogP contribution in [0.2, 0.25) is 0 Å². The summed E-state index contributed by atoms with van der Waals surface area (Å²) in [6, 6.07) is 11.5. The number of likely N-dealkylation sites (N-methyl/N-ethyl adjacent to an activating group) is 1. The van der Waals surface area contributed by atoms with Gasteiger partial charge in [-0.05, 0) is 55.8 Å². The number of hydrogen-bond acceptors (Lipinski definition) is 5. The van der Waals surface area contributed by atoms with E-state index in [4.69, 9.17) is 14.6 Å². The Kier molecular flexibility index (Phi) is 6.81. The Labute approximate surface area is 159 Å². The maximum atomic E-state index is 12.8. The number of amides is 1. The molecule has 0 unspecified atom stereocenters. The van der Waals surface area contributed by atoms with E-state index < -0.39 is 10.0 Å². The Morgan fingerprint density at radius 3 is 2.30 bits per heavy atom. The molecule has 0 saturated carbocycles. The Hall–Kier alpha value is -2.58. The summed E-state index contributed by atoms with van der Waals surface area (Å²) in [5.41, 5.74) is 0.995. The molecular formula is C19H24N2O5S. The van der Waals surface area contributed by atoms with E-state index in [2.05, 4.69) is 0 Å². The van der Waals surface area contributed by atoms with E-state index in [1.807, 2.05) is 6.92 Å². The molecule has 8 heteroatoms. The van der Waals surface area contributed by atoms with Crippen molar-refractivity contribution in [2.24, 2.45) is 5.14 Å². The zero-order chi connectivity index (χ0) is 20.0. The van der Waals surface area contributed by atoms with Gasteiger partial charge in [-0.2, -0.15) is 0 Å². The number of aryl methyl sites for hydroxylation is 1. The molecule has 0 fully saturated rings. The molecule has 0 aromatic heterocycles. The highest BCUT2D eigenvalue weighted by Gasteiger charge is 2.19. The average molecular weight is 392 g/mol. The van der Waals surface area contributed by atoms with Gasteiger partial charge in [-0.1, -0.05) is 6.07 Å². The predicted molar refractivity (Wildman–Crippen MR) is 103 cm³/mol. The van der Waals surface area contributed by atoms with E-state index in [9.17, 15) is 13.2 Å². The van der Waals surface area contributed by atoms with E-state index in [0.717, 1.165) is 5.75 Å². The molecule has 7 nitrogen and oxygen atoms in total. The van der Waals surface area contributed by atoms with Crippen molar-refractivity contribution in [1.82, 2.24) is 4.90 Å². The van der Waals surface area contributed by atoms with Gasteiger partial charge in [-0.15, -0.1) is 0 Å². The van der Waals surface area contributed by atoms with Crippen LogP contribution < -0.4 is 14.6 Å². The summed E-state index contributed by atoms with van der Waals surface area (Å²) in [5.74, 6) is 1.14. The SMILES string of the molecule is CCN(CCOc1ccc(OC)cc1)C(=O)c1cc(S(N)(=O)=O)ccc1C. The van der Waals surface area contributed by atoms with Gasteiger partial charge < -0.3 is 14.4 Å². The van der Waals surface area contributed by atoms with Crippen molar-refractivity contribution in [3.8, 4) is 11.5 Å². The number of ether oxygens (including phenoxy) is 2. The van der Waals surface area contributed by atoms with Gasteiger partial charge in [0.1, 0.15) is 18.1 Å². The summed E-state index contributed by atoms with van der Waals surface area (Å²) in [6.07, 6.45) is 0. The van der Waals surface area contributed by atoms with Crippen molar-refractivity contribution >= 4 is 15.9 Å². The number of carbonyl (C=O) groups excluding carboxylic acids is 1. The second-order valence-corrected chi connectivity index (χ2v) is 7.49. The molecule has 0 aliphatic heterocycles. The largest absolute Gasteiger partial charge is 0.497 e. The van der Waals surface area contributed by atoms with Crippen LogP contribution in [0.3, 0.4) is 0 Å². The first kappa shape index (κ1) is 20.7. The summed E-state index contributed by atoms with van der Waals surface area (Å²) in [4.78, 5) is 14.3. The number of primary sulfonamides is 1. The van der Waals surface area contributed by atoms with Crippen LogP contribution >= 0.6 is 0 Å². The highest BCUT2D eigenvalue weighted by molar-refractivity contribution is 7.89. The highest BCUT2D eigenvalue weighted by atomic mass is 32.2. The van der Waals surface area contributed by atoms with E-state index in [0.29, 0.717) is 36.6 Å². The van der Waals surface area contributed by atoms with E-state index in [1.54, 1.807) is 49.3 Å². The lowest BCUT2D eigenvalue weighted by Crippen LogP contribution is -2.35. The smallest absolute Gasteiger partial charge is 0.254 e. The number of methoxy groups -OCH3 is 1. The minimum atomic E-state index is -3.87. The van der Waals surface area contributed by atoms with Gasteiger partial charge in [-0.3, -0.25) is 4.79 Å². The Morgan fingerprint density at radius 1 is 1.11 bits per heavy atom. The Morgan fingerprint density at radius 2 is 1.74 bits per heavy atom. The standard InChI is InChI=1S/C19H24N2O5S/c1-4-21(11-12-26-16-8-6-15(25-3)7-9-16)19(22)18-13-17(27(20,23)24)10-5-14(18)2/h5-10,13H,4,11-12H2,1-3H3,(H2,20,23,24). The monoisotopic (exact) mass is 392 g/mol. The van der Waals surface area contributed by atoms with Crippen LogP contribution in [0.15, 0.2) is 47.4 Å². The van der Waals surface area contributed by atoms with Crippen LogP contribution in [-0.4, -0.2) is 46.0 Å². The number of hydrogen-bond donors (Lipinski definition) is 1. The summed E-state index contributed by atoms with van der Waals surface area (Å²) in [7, 11) is -2.28. The number of benzene rings is 2. The van der Waals surface area contributed by atoms with E-state index in [-0.39, 0.29) is 10.8 Å². The fourth-order valence-electron chi connectivity index (χ4n) is 2.53. The first-order chi connectivity index (χ1) is 12.8. The molecule has 0 bridgehead atoms. The molecule has 1 amide bonds. The summed E-state index contributed by atoms with van der Waals surface area (Å²) in [5, 5.41) is 5.17. The predicted octanol–water partition coefficient (Wildman–Crippen LogP) is 2.19. The number of nitrogens with zero attached hydrogens (tertiary/aromatic N) is 1. The van der Waals surface area contributed by atoms with Crippen LogP contribution in [0.4, 0.5) is 0 Å². The van der Waals surface area contributed by atoms with E-state index in [1.165, 1.54) is 12.1 Å². The second-order valence-electron chi connectivity index (χ2n) is 5.93. The van der Waals surface area contributed by atoms with Gasteiger partial charge in [0.15, 0.2) is 0 Å². The third-order valence-electron chi connectivity index (χ3n) is 4.13. The van der Waals surface area contributed by atoms with Crippen molar-refractivity contribution in [2.75, 3.05) is 26.8 Å². The van der Waals surface area contributed by atoms with Gasteiger partial charge in [0, 0.05) is 12.1 Å². The molecule has 0 aliphatic carbocycles. The van der Waals surface area contributed by atoms with Gasteiger partial charge in [0.25, 0.3) is 5.91 Å². The molecule has 0 atom stereocenters. The average Bonchev–Trinajstić information content (AvgIpc) is 2.64. The first-order valence-corrected chi connectivity index (χ1v) is 10.0. The van der Waals surface area contributed by atoms with Crippen molar-refractivity contribution < 1.29 is 22.7 Å². The van der Waals surface area contributed by atoms with Crippen molar-refractivity contribution in [3.05, 3.63) is 53.6 Å². The van der Waals surface area contributed by atoms with Crippen molar-refractivity contribution in [3.63, 3.8) is 0 Å². The molecule has 0 spiro atoms. The zero-order valence-corrected chi connectivity index (χ0v) is 16.5. The molecule has 2 rings (SSSR count). The maximum Gasteiger partial charge on any atom is 0.254 e. The molecule has 2 aromatic rings. The molecular weight excluding hydrogens is 368 g/mol. The normalized spacial score (nSPS) is 11.1. The topological polar surface area (TPSA) is 98.9 Å².